The van der Waals surface area contributed by atoms with E-state index in [0.29, 0.717) is 26.7 Å². The van der Waals surface area contributed by atoms with E-state index in [4.69, 9.17) is 21.1 Å². The van der Waals surface area contributed by atoms with Gasteiger partial charge in [0.2, 0.25) is 5.91 Å². The molecular formula is C33H29ClN2O6S. The first-order valence-electron chi connectivity index (χ1n) is 13.6. The number of amides is 2. The van der Waals surface area contributed by atoms with Crippen LogP contribution in [-0.2, 0) is 19.1 Å². The van der Waals surface area contributed by atoms with Crippen LogP contribution in [0.2, 0.25) is 5.02 Å². The van der Waals surface area contributed by atoms with Crippen LogP contribution in [0.3, 0.4) is 0 Å². The molecule has 4 aromatic rings. The molecule has 0 fully saturated rings. The van der Waals surface area contributed by atoms with Gasteiger partial charge in [0.25, 0.3) is 0 Å². The summed E-state index contributed by atoms with van der Waals surface area (Å²) in [5, 5.41) is 6.06. The van der Waals surface area contributed by atoms with Gasteiger partial charge in [0.15, 0.2) is 5.78 Å². The summed E-state index contributed by atoms with van der Waals surface area (Å²) in [7, 11) is 1.19. The van der Waals surface area contributed by atoms with Crippen molar-refractivity contribution in [1.29, 1.82) is 0 Å². The Hall–Kier alpha value is -4.47. The highest BCUT2D eigenvalue weighted by Gasteiger charge is 2.31. The number of halogens is 1. The minimum absolute atomic E-state index is 0.0372. The number of methoxy groups -OCH3 is 1. The Bertz CT molecular complexity index is 1670. The second-order valence-electron chi connectivity index (χ2n) is 10.1. The lowest BCUT2D eigenvalue weighted by Crippen LogP contribution is -2.45. The number of nitrogens with one attached hydrogen (secondary N) is 2. The average Bonchev–Trinajstić information content (AvgIpc) is 3.48. The van der Waals surface area contributed by atoms with Gasteiger partial charge < -0.3 is 20.1 Å². The molecule has 0 bridgehead atoms. The molecule has 1 atom stereocenters. The lowest BCUT2D eigenvalue weighted by atomic mass is 9.98. The molecule has 0 saturated heterocycles. The van der Waals surface area contributed by atoms with Crippen LogP contribution in [-0.4, -0.2) is 43.5 Å². The highest BCUT2D eigenvalue weighted by Crippen LogP contribution is 2.44. The summed E-state index contributed by atoms with van der Waals surface area (Å²) in [5.41, 5.74) is 5.71. The third kappa shape index (κ3) is 6.33. The van der Waals surface area contributed by atoms with E-state index in [0.717, 1.165) is 27.1 Å². The first-order valence-corrected chi connectivity index (χ1v) is 14.8. The minimum atomic E-state index is -1.32. The number of carbonyl (C=O) groups is 4. The number of hydrogen-bond acceptors (Lipinski definition) is 7. The third-order valence-corrected chi connectivity index (χ3v) is 8.88. The van der Waals surface area contributed by atoms with E-state index in [1.165, 1.54) is 18.4 Å². The summed E-state index contributed by atoms with van der Waals surface area (Å²) >= 11 is 7.21. The maximum Gasteiger partial charge on any atom is 0.407 e. The number of aryl methyl sites for hydroxylation is 1. The highest BCUT2D eigenvalue weighted by atomic mass is 35.5. The fourth-order valence-electron chi connectivity index (χ4n) is 5.17. The number of fused-ring (bicyclic) bond motifs is 3. The fourth-order valence-corrected chi connectivity index (χ4v) is 6.36. The van der Waals surface area contributed by atoms with E-state index < -0.39 is 30.4 Å². The van der Waals surface area contributed by atoms with Crippen LogP contribution >= 0.6 is 22.9 Å². The van der Waals surface area contributed by atoms with E-state index in [1.54, 1.807) is 31.2 Å². The molecule has 43 heavy (non-hydrogen) atoms. The van der Waals surface area contributed by atoms with Crippen molar-refractivity contribution >= 4 is 51.7 Å². The molecule has 0 radical (unpaired) electrons. The Balaban J connectivity index is 1.32. The van der Waals surface area contributed by atoms with Crippen LogP contribution in [0.1, 0.15) is 49.8 Å². The molecule has 10 heteroatoms. The molecule has 5 rings (SSSR count). The Labute approximate surface area is 258 Å². The maximum absolute atomic E-state index is 13.5. The van der Waals surface area contributed by atoms with Crippen LogP contribution in [0.4, 0.5) is 9.80 Å². The minimum Gasteiger partial charge on any atom is -0.469 e. The van der Waals surface area contributed by atoms with Crippen molar-refractivity contribution in [1.82, 2.24) is 5.32 Å². The van der Waals surface area contributed by atoms with Crippen molar-refractivity contribution in [2.45, 2.75) is 32.2 Å². The number of ether oxygens (including phenoxy) is 2. The fraction of sp³-hybridized carbons (Fsp3) is 0.212. The van der Waals surface area contributed by atoms with E-state index in [2.05, 4.69) is 10.6 Å². The summed E-state index contributed by atoms with van der Waals surface area (Å²) in [4.78, 5) is 52.9. The number of anilines is 1. The number of esters is 1. The number of benzene rings is 3. The normalized spacial score (nSPS) is 12.6. The third-order valence-electron chi connectivity index (χ3n) is 7.51. The van der Waals surface area contributed by atoms with Crippen molar-refractivity contribution in [3.05, 3.63) is 111 Å². The molecule has 1 aliphatic rings. The monoisotopic (exact) mass is 616 g/mol. The summed E-state index contributed by atoms with van der Waals surface area (Å²) in [6.45, 7) is 3.68. The number of ketones is 1. The highest BCUT2D eigenvalue weighted by molar-refractivity contribution is 7.16. The Morgan fingerprint density at radius 2 is 1.51 bits per heavy atom. The second kappa shape index (κ2) is 12.8. The smallest absolute Gasteiger partial charge is 0.407 e. The van der Waals surface area contributed by atoms with Gasteiger partial charge in [0.1, 0.15) is 17.6 Å². The molecule has 2 N–H and O–H groups in total. The lowest BCUT2D eigenvalue weighted by molar-refractivity contribution is -0.142. The predicted molar refractivity (Wildman–Crippen MR) is 166 cm³/mol. The maximum atomic E-state index is 13.5. The van der Waals surface area contributed by atoms with Crippen molar-refractivity contribution in [3.8, 4) is 11.1 Å². The van der Waals surface area contributed by atoms with Crippen LogP contribution in [0.25, 0.3) is 11.1 Å². The topological polar surface area (TPSA) is 111 Å². The van der Waals surface area contributed by atoms with Gasteiger partial charge in [0.05, 0.1) is 19.1 Å². The zero-order valence-electron chi connectivity index (χ0n) is 23.7. The van der Waals surface area contributed by atoms with Gasteiger partial charge in [-0.05, 0) is 65.9 Å². The number of hydrogen-bond donors (Lipinski definition) is 2. The molecule has 220 valence electrons. The van der Waals surface area contributed by atoms with Gasteiger partial charge in [-0.15, -0.1) is 11.3 Å². The number of thiophene rings is 1. The molecule has 1 aliphatic carbocycles. The van der Waals surface area contributed by atoms with Gasteiger partial charge in [0, 0.05) is 21.4 Å². The molecule has 0 spiro atoms. The Morgan fingerprint density at radius 1 is 0.907 bits per heavy atom. The standard InChI is InChI=1S/C33H29ClN2O6S/c1-18-19(2)43-32(29(18)30(38)20-12-14-21(34)15-13-20)36-31(39)27(16-28(37)41-3)35-33(40)42-17-26-24-10-6-4-8-22(24)23-9-5-7-11-25(23)26/h4-15,26-27H,16-17H2,1-3H3,(H,35,40)(H,36,39)/t27-/m1/s1. The van der Waals surface area contributed by atoms with Crippen molar-refractivity contribution in [2.24, 2.45) is 0 Å². The molecule has 1 aromatic heterocycles. The molecule has 1 heterocycles. The van der Waals surface area contributed by atoms with Gasteiger partial charge in [-0.2, -0.15) is 0 Å². The molecule has 0 aliphatic heterocycles. The summed E-state index contributed by atoms with van der Waals surface area (Å²) in [6.07, 6.45) is -1.29. The number of carbonyl (C=O) groups excluding carboxylic acids is 4. The molecule has 0 saturated carbocycles. The van der Waals surface area contributed by atoms with Crippen molar-refractivity contribution < 1.29 is 28.7 Å². The molecular weight excluding hydrogens is 588 g/mol. The van der Waals surface area contributed by atoms with Crippen molar-refractivity contribution in [3.63, 3.8) is 0 Å². The first kappa shape index (κ1) is 30.0. The molecule has 0 unspecified atom stereocenters. The van der Waals surface area contributed by atoms with Gasteiger partial charge in [-0.25, -0.2) is 4.79 Å². The summed E-state index contributed by atoms with van der Waals surface area (Å²) < 4.78 is 10.4. The molecule has 3 aromatic carbocycles. The van der Waals surface area contributed by atoms with Gasteiger partial charge >= 0.3 is 12.1 Å². The SMILES string of the molecule is COC(=O)C[C@@H](NC(=O)OCC1c2ccccc2-c2ccccc21)C(=O)Nc1sc(C)c(C)c1C(=O)c1ccc(Cl)cc1. The largest absolute Gasteiger partial charge is 0.469 e. The van der Waals surface area contributed by atoms with E-state index >= 15 is 0 Å². The second-order valence-corrected chi connectivity index (χ2v) is 11.8. The quantitative estimate of drug-likeness (QED) is 0.161. The summed E-state index contributed by atoms with van der Waals surface area (Å²) in [5.74, 6) is -1.85. The zero-order chi connectivity index (χ0) is 30.7. The predicted octanol–water partition coefficient (Wildman–Crippen LogP) is 6.66. The number of rotatable bonds is 9. The number of alkyl carbamates (subject to hydrolysis) is 1. The zero-order valence-corrected chi connectivity index (χ0v) is 25.3. The van der Waals surface area contributed by atoms with Crippen LogP contribution in [0.5, 0.6) is 0 Å². The molecule has 2 amide bonds. The van der Waals surface area contributed by atoms with Gasteiger partial charge in [-0.3, -0.25) is 14.4 Å². The van der Waals surface area contributed by atoms with Crippen molar-refractivity contribution in [2.75, 3.05) is 19.0 Å². The lowest BCUT2D eigenvalue weighted by Gasteiger charge is -2.19. The first-order chi connectivity index (χ1) is 20.7. The average molecular weight is 617 g/mol. The van der Waals surface area contributed by atoms with E-state index in [1.807, 2.05) is 55.5 Å². The Morgan fingerprint density at radius 3 is 2.12 bits per heavy atom. The van der Waals surface area contributed by atoms with Crippen LogP contribution < -0.4 is 10.6 Å². The van der Waals surface area contributed by atoms with E-state index in [9.17, 15) is 19.2 Å². The van der Waals surface area contributed by atoms with Crippen LogP contribution in [0, 0.1) is 13.8 Å². The van der Waals surface area contributed by atoms with Crippen LogP contribution in [0.15, 0.2) is 72.8 Å². The van der Waals surface area contributed by atoms with Gasteiger partial charge in [-0.1, -0.05) is 60.1 Å². The summed E-state index contributed by atoms with van der Waals surface area (Å²) in [6, 6.07) is 21.0. The van der Waals surface area contributed by atoms with E-state index in [-0.39, 0.29) is 18.3 Å². The molecule has 8 nitrogen and oxygen atoms in total. The Kier molecular flexibility index (Phi) is 8.94.